The molecule has 0 aliphatic heterocycles. The average molecular weight is 280 g/mol. The molecular weight excluding hydrogens is 256 g/mol. The Morgan fingerprint density at radius 3 is 2.63 bits per heavy atom. The fourth-order valence-electron chi connectivity index (χ4n) is 3.03. The molecule has 0 amide bonds. The quantitative estimate of drug-likeness (QED) is 0.884. The van der Waals surface area contributed by atoms with Crippen LogP contribution in [-0.2, 0) is 6.42 Å². The first-order valence-corrected chi connectivity index (χ1v) is 7.75. The Morgan fingerprint density at radius 2 is 2.11 bits per heavy atom. The Hall–Kier alpha value is -0.910. The highest BCUT2D eigenvalue weighted by Crippen LogP contribution is 2.26. The van der Waals surface area contributed by atoms with Crippen molar-refractivity contribution in [1.82, 2.24) is 14.3 Å². The number of aromatic nitrogens is 2. The normalized spacial score (nSPS) is 14.4. The lowest BCUT2D eigenvalue weighted by atomic mass is 9.81. The number of nitrogens with two attached hydrogens (primary N) is 1. The van der Waals surface area contributed by atoms with E-state index < -0.39 is 0 Å². The van der Waals surface area contributed by atoms with Crippen molar-refractivity contribution in [3.05, 3.63) is 23.5 Å². The maximum absolute atomic E-state index is 6.51. The molecule has 1 atom stereocenters. The van der Waals surface area contributed by atoms with Crippen LogP contribution in [-0.4, -0.2) is 40.0 Å². The molecule has 0 fully saturated rings. The highest BCUT2D eigenvalue weighted by Gasteiger charge is 2.35. The van der Waals surface area contributed by atoms with Gasteiger partial charge in [0.1, 0.15) is 0 Å². The van der Waals surface area contributed by atoms with E-state index >= 15 is 0 Å². The number of likely N-dealkylation sites (N-methyl/N-ethyl adjacent to an activating group) is 1. The first-order chi connectivity index (χ1) is 9.03. The van der Waals surface area contributed by atoms with Gasteiger partial charge < -0.3 is 10.6 Å². The van der Waals surface area contributed by atoms with Gasteiger partial charge in [0, 0.05) is 35.8 Å². The second-order valence-corrected chi connectivity index (χ2v) is 6.21. The molecule has 19 heavy (non-hydrogen) atoms. The third-order valence-electron chi connectivity index (χ3n) is 4.38. The van der Waals surface area contributed by atoms with Crippen LogP contribution in [0.5, 0.6) is 0 Å². The minimum absolute atomic E-state index is 0.0526. The Balaban J connectivity index is 2.19. The molecule has 0 spiro atoms. The number of hydrogen-bond acceptors (Lipinski definition) is 4. The fourth-order valence-corrected chi connectivity index (χ4v) is 3.75. The van der Waals surface area contributed by atoms with Gasteiger partial charge in [0.25, 0.3) is 0 Å². The number of thiazole rings is 1. The molecule has 2 aromatic heterocycles. The van der Waals surface area contributed by atoms with Crippen molar-refractivity contribution in [2.24, 2.45) is 5.73 Å². The molecule has 0 bridgehead atoms. The van der Waals surface area contributed by atoms with Crippen LogP contribution >= 0.6 is 11.3 Å². The van der Waals surface area contributed by atoms with Crippen molar-refractivity contribution in [1.29, 1.82) is 0 Å². The van der Waals surface area contributed by atoms with E-state index in [0.29, 0.717) is 0 Å². The summed E-state index contributed by atoms with van der Waals surface area (Å²) in [6.45, 7) is 4.43. The predicted molar refractivity (Wildman–Crippen MR) is 81.7 cm³/mol. The van der Waals surface area contributed by atoms with E-state index in [1.54, 1.807) is 11.3 Å². The van der Waals surface area contributed by atoms with E-state index in [-0.39, 0.29) is 11.6 Å². The molecule has 106 valence electrons. The summed E-state index contributed by atoms with van der Waals surface area (Å²) in [5, 5.41) is 2.05. The SMILES string of the molecule is CCC(CC)(C(N)Cc1cn2ccsc2n1)N(C)C. The van der Waals surface area contributed by atoms with E-state index in [2.05, 4.69) is 48.4 Å². The van der Waals surface area contributed by atoms with Crippen LogP contribution in [0.25, 0.3) is 4.96 Å². The average Bonchev–Trinajstić information content (AvgIpc) is 2.91. The van der Waals surface area contributed by atoms with Gasteiger partial charge in [-0.05, 0) is 26.9 Å². The van der Waals surface area contributed by atoms with Crippen molar-refractivity contribution < 1.29 is 0 Å². The highest BCUT2D eigenvalue weighted by molar-refractivity contribution is 7.15. The summed E-state index contributed by atoms with van der Waals surface area (Å²) in [6.07, 6.45) is 7.08. The number of nitrogens with zero attached hydrogens (tertiary/aromatic N) is 3. The smallest absolute Gasteiger partial charge is 0.193 e. The van der Waals surface area contributed by atoms with E-state index in [1.807, 2.05) is 11.6 Å². The molecule has 0 aliphatic carbocycles. The van der Waals surface area contributed by atoms with Crippen LogP contribution in [0.15, 0.2) is 17.8 Å². The van der Waals surface area contributed by atoms with Crippen LogP contribution in [0.1, 0.15) is 32.4 Å². The van der Waals surface area contributed by atoms with Crippen LogP contribution in [0.4, 0.5) is 0 Å². The maximum Gasteiger partial charge on any atom is 0.193 e. The number of fused-ring (bicyclic) bond motifs is 1. The third-order valence-corrected chi connectivity index (χ3v) is 5.15. The van der Waals surface area contributed by atoms with Gasteiger partial charge in [0.2, 0.25) is 0 Å². The summed E-state index contributed by atoms with van der Waals surface area (Å²) in [7, 11) is 4.25. The van der Waals surface area contributed by atoms with Gasteiger partial charge in [-0.2, -0.15) is 0 Å². The molecule has 1 unspecified atom stereocenters. The van der Waals surface area contributed by atoms with E-state index in [0.717, 1.165) is 29.9 Å². The standard InChI is InChI=1S/C14H24N4S/c1-5-14(6-2,17(3)4)12(15)9-11-10-18-7-8-19-13(18)16-11/h7-8,10,12H,5-6,9,15H2,1-4H3. The zero-order valence-corrected chi connectivity index (χ0v) is 13.1. The zero-order valence-electron chi connectivity index (χ0n) is 12.3. The largest absolute Gasteiger partial charge is 0.326 e. The van der Waals surface area contributed by atoms with Gasteiger partial charge in [-0.1, -0.05) is 13.8 Å². The van der Waals surface area contributed by atoms with Gasteiger partial charge in [-0.15, -0.1) is 11.3 Å². The molecule has 2 heterocycles. The Kier molecular flexibility index (Phi) is 4.28. The number of hydrogen-bond donors (Lipinski definition) is 1. The highest BCUT2D eigenvalue weighted by atomic mass is 32.1. The topological polar surface area (TPSA) is 46.6 Å². The summed E-state index contributed by atoms with van der Waals surface area (Å²) < 4.78 is 2.07. The first kappa shape index (κ1) is 14.5. The Morgan fingerprint density at radius 1 is 1.42 bits per heavy atom. The third kappa shape index (κ3) is 2.55. The van der Waals surface area contributed by atoms with Crippen molar-refractivity contribution in [2.45, 2.75) is 44.7 Å². The van der Waals surface area contributed by atoms with Crippen LogP contribution in [0.2, 0.25) is 0 Å². The summed E-state index contributed by atoms with van der Waals surface area (Å²) in [5.41, 5.74) is 7.65. The van der Waals surface area contributed by atoms with Gasteiger partial charge in [0.15, 0.2) is 4.96 Å². The summed E-state index contributed by atoms with van der Waals surface area (Å²) in [5.74, 6) is 0. The number of imidazole rings is 1. The van der Waals surface area contributed by atoms with E-state index in [4.69, 9.17) is 5.73 Å². The van der Waals surface area contributed by atoms with Crippen molar-refractivity contribution >= 4 is 16.3 Å². The van der Waals surface area contributed by atoms with E-state index in [1.165, 1.54) is 0 Å². The lowest BCUT2D eigenvalue weighted by Crippen LogP contribution is -2.57. The molecule has 0 saturated carbocycles. The minimum atomic E-state index is 0.0526. The first-order valence-electron chi connectivity index (χ1n) is 6.87. The molecule has 4 nitrogen and oxygen atoms in total. The van der Waals surface area contributed by atoms with Crippen molar-refractivity contribution in [3.63, 3.8) is 0 Å². The van der Waals surface area contributed by atoms with Crippen LogP contribution in [0, 0.1) is 0 Å². The molecule has 0 saturated heterocycles. The summed E-state index contributed by atoms with van der Waals surface area (Å²) >= 11 is 1.66. The van der Waals surface area contributed by atoms with E-state index in [9.17, 15) is 0 Å². The maximum atomic E-state index is 6.51. The zero-order chi connectivity index (χ0) is 14.0. The molecule has 5 heteroatoms. The monoisotopic (exact) mass is 280 g/mol. The lowest BCUT2D eigenvalue weighted by Gasteiger charge is -2.43. The molecule has 2 rings (SSSR count). The molecule has 0 aliphatic rings. The van der Waals surface area contributed by atoms with Gasteiger partial charge >= 0.3 is 0 Å². The molecule has 2 N–H and O–H groups in total. The van der Waals surface area contributed by atoms with Gasteiger partial charge in [-0.25, -0.2) is 4.98 Å². The summed E-state index contributed by atoms with van der Waals surface area (Å²) in [4.78, 5) is 7.96. The predicted octanol–water partition coefficient (Wildman–Crippen LogP) is 2.39. The van der Waals surface area contributed by atoms with Gasteiger partial charge in [-0.3, -0.25) is 4.40 Å². The fraction of sp³-hybridized carbons (Fsp3) is 0.643. The Bertz CT molecular complexity index is 496. The molecule has 2 aromatic rings. The van der Waals surface area contributed by atoms with Crippen LogP contribution in [0.3, 0.4) is 0 Å². The van der Waals surface area contributed by atoms with Crippen molar-refractivity contribution in [3.8, 4) is 0 Å². The Labute approximate surface area is 119 Å². The molecule has 0 radical (unpaired) electrons. The molecular formula is C14H24N4S. The number of rotatable bonds is 6. The minimum Gasteiger partial charge on any atom is -0.326 e. The lowest BCUT2D eigenvalue weighted by molar-refractivity contribution is 0.105. The van der Waals surface area contributed by atoms with Crippen molar-refractivity contribution in [2.75, 3.05) is 14.1 Å². The second kappa shape index (κ2) is 5.61. The second-order valence-electron chi connectivity index (χ2n) is 5.34. The molecule has 0 aromatic carbocycles. The summed E-state index contributed by atoms with van der Waals surface area (Å²) in [6, 6.07) is 0.0992. The van der Waals surface area contributed by atoms with Crippen LogP contribution < -0.4 is 5.73 Å². The van der Waals surface area contributed by atoms with Gasteiger partial charge in [0.05, 0.1) is 5.69 Å².